The second-order valence-corrected chi connectivity index (χ2v) is 26.1. The first-order chi connectivity index (χ1) is 44.1. The molecule has 18 N–H and O–H groups in total. The van der Waals surface area contributed by atoms with Crippen molar-refractivity contribution in [1.29, 1.82) is 0 Å². The molecule has 2 aromatic heterocycles. The summed E-state index contributed by atoms with van der Waals surface area (Å²) in [5.41, 5.74) is -1.70. The Bertz CT molecular complexity index is 4660. The number of phenols is 2. The molecule has 4 heterocycles. The number of rotatable bonds is 18. The molecule has 38 nitrogen and oxygen atoms in total. The van der Waals surface area contributed by atoms with Crippen LogP contribution >= 0.6 is 23.2 Å². The number of azo groups is 2. The fourth-order valence-corrected chi connectivity index (χ4v) is 12.0. The van der Waals surface area contributed by atoms with Gasteiger partial charge in [0.15, 0.2) is 24.1 Å². The molecule has 10 rings (SSSR count). The Morgan fingerprint density at radius 3 is 1.14 bits per heavy atom. The molecule has 10 atom stereocenters. The fraction of sp³-hybridized carbons (Fsp3) is 0.240. The quantitative estimate of drug-likeness (QED) is 0.0433. The largest absolute Gasteiger partial charge is 0.505 e. The highest BCUT2D eigenvalue weighted by Crippen LogP contribution is 2.48. The van der Waals surface area contributed by atoms with Gasteiger partial charge in [0.25, 0.3) is 40.5 Å². The van der Waals surface area contributed by atoms with Crippen LogP contribution in [0.25, 0.3) is 21.5 Å². The maximum Gasteiger partial charge on any atom is 0.296 e. The number of hydrogen-bond donors (Lipinski definition) is 18. The lowest BCUT2D eigenvalue weighted by Crippen LogP contribution is -2.61. The van der Waals surface area contributed by atoms with E-state index >= 15 is 0 Å². The van der Waals surface area contributed by atoms with E-state index in [1.807, 2.05) is 0 Å². The third-order valence-electron chi connectivity index (χ3n) is 13.5. The van der Waals surface area contributed by atoms with E-state index in [4.69, 9.17) is 32.7 Å². The maximum absolute atomic E-state index is 12.5. The molecule has 0 aliphatic carbocycles. The van der Waals surface area contributed by atoms with Crippen LogP contribution in [-0.2, 0) is 49.9 Å². The Morgan fingerprint density at radius 1 is 0.447 bits per heavy atom. The Balaban J connectivity index is 0.000000247. The lowest BCUT2D eigenvalue weighted by atomic mass is 9.97. The molecule has 0 bridgehead atoms. The minimum absolute atomic E-state index is 0.185. The van der Waals surface area contributed by atoms with Crippen molar-refractivity contribution in [3.05, 3.63) is 108 Å². The van der Waals surface area contributed by atoms with Crippen LogP contribution in [-0.4, -0.2) is 207 Å². The van der Waals surface area contributed by atoms with Crippen LogP contribution in [0.3, 0.4) is 0 Å². The number of benzene rings is 6. The number of aliphatic hydroxyl groups excluding tert-OH is 8. The molecule has 0 saturated carbocycles. The first-order valence-corrected chi connectivity index (χ1v) is 32.7. The van der Waals surface area contributed by atoms with Gasteiger partial charge in [-0.15, -0.1) is 10.2 Å². The molecule has 2 fully saturated rings. The minimum Gasteiger partial charge on any atom is -0.505 e. The van der Waals surface area contributed by atoms with Crippen LogP contribution in [0.4, 0.5) is 57.9 Å². The van der Waals surface area contributed by atoms with E-state index in [0.29, 0.717) is 5.69 Å². The van der Waals surface area contributed by atoms with Crippen molar-refractivity contribution in [3.8, 4) is 11.5 Å². The average molecular weight is 1430 g/mol. The van der Waals surface area contributed by atoms with Gasteiger partial charge >= 0.3 is 0 Å². The number of ether oxygens (including phenoxy) is 2. The van der Waals surface area contributed by atoms with Gasteiger partial charge in [-0.3, -0.25) is 18.2 Å². The van der Waals surface area contributed by atoms with Crippen LogP contribution in [0.1, 0.15) is 0 Å². The van der Waals surface area contributed by atoms with Gasteiger partial charge in [-0.1, -0.05) is 36.4 Å². The van der Waals surface area contributed by atoms with E-state index in [-0.39, 0.29) is 38.7 Å². The van der Waals surface area contributed by atoms with Crippen molar-refractivity contribution in [2.45, 2.75) is 80.9 Å². The summed E-state index contributed by atoms with van der Waals surface area (Å²) in [4.78, 5) is 20.0. The first-order valence-electron chi connectivity index (χ1n) is 26.2. The maximum atomic E-state index is 12.5. The van der Waals surface area contributed by atoms with E-state index in [0.717, 1.165) is 36.4 Å². The van der Waals surface area contributed by atoms with Crippen molar-refractivity contribution in [2.24, 2.45) is 20.5 Å². The standard InChI is InChI=1S/C31H36N8O17S2.C19H12Cl2N6O7S2/c40-9-15-22(42)25(45)20(27(47)55-15)33-30-35-29(36-31(37-30)34-21-26(46)23(43)16(10-41)56-28(21)48)32-14-8-13(57(49,50)51)6-11-7-17(58(52,53)54)19(24(44)18(11)14)39-38-12-4-2-1-3-5-12;20-17-23-18(21)25-19(24-17)22-12-8-11(35(29,30)31)6-9-7-13(36(32,33)34)15(16(28)14(9)12)27-26-10-4-2-1-3-5-10/h1-8,15-16,20-23,25-28,40-48H,9-10H2,(H,49,50,51)(H,52,53,54)(H3,32,33,34,35,36,37);1-8,28H,(H,29,30,31)(H,32,33,34)(H,22,23,24,25). The van der Waals surface area contributed by atoms with E-state index in [2.05, 4.69) is 71.6 Å². The molecule has 8 aromatic rings. The summed E-state index contributed by atoms with van der Waals surface area (Å²) in [6.45, 7) is -1.59. The van der Waals surface area contributed by atoms with Crippen LogP contribution in [0.2, 0.25) is 10.6 Å². The summed E-state index contributed by atoms with van der Waals surface area (Å²) < 4.78 is 147. The van der Waals surface area contributed by atoms with E-state index in [1.54, 1.807) is 48.5 Å². The van der Waals surface area contributed by atoms with Gasteiger partial charge in [0.05, 0.1) is 45.8 Å². The third-order valence-corrected chi connectivity index (χ3v) is 17.3. The lowest BCUT2D eigenvalue weighted by Gasteiger charge is -2.40. The lowest BCUT2D eigenvalue weighted by molar-refractivity contribution is -0.245. The molecule has 0 radical (unpaired) electrons. The Kier molecular flexibility index (Phi) is 20.8. The van der Waals surface area contributed by atoms with Crippen molar-refractivity contribution in [3.63, 3.8) is 0 Å². The van der Waals surface area contributed by atoms with Gasteiger partial charge in [-0.05, 0) is 94.6 Å². The zero-order chi connectivity index (χ0) is 68.5. The molecule has 500 valence electrons. The molecule has 0 spiro atoms. The SMILES string of the molecule is O=S(=O)(O)c1cc(Nc2nc(Cl)nc(Cl)n2)c2c(O)c(N=Nc3ccccc3)c(S(=O)(=O)O)cc2c1.O=S(=O)(O)c1cc(Nc2nc(NC3C(O)OC(CO)C(O)C3O)nc(NC3C(O)OC(CO)C(O)C3O)n2)c2c(O)c(N=Nc3ccccc3)c(S(=O)(=O)O)cc2c1. The number of aliphatic hydroxyl groups is 8. The number of fused-ring (bicyclic) bond motifs is 2. The average Bonchev–Trinajstić information content (AvgIpc) is 0.756. The van der Waals surface area contributed by atoms with Gasteiger partial charge in [-0.2, -0.15) is 73.8 Å². The number of anilines is 6. The molecule has 94 heavy (non-hydrogen) atoms. The Morgan fingerprint density at radius 2 is 0.798 bits per heavy atom. The Labute approximate surface area is 537 Å². The number of nitrogens with zero attached hydrogens (tertiary/aromatic N) is 10. The van der Waals surface area contributed by atoms with E-state index in [1.165, 1.54) is 12.1 Å². The summed E-state index contributed by atoms with van der Waals surface area (Å²) >= 11 is 11.5. The third kappa shape index (κ3) is 15.9. The molecule has 44 heteroatoms. The van der Waals surface area contributed by atoms with Crippen LogP contribution in [0.5, 0.6) is 11.5 Å². The summed E-state index contributed by atoms with van der Waals surface area (Å²) in [5, 5.41) is 129. The van der Waals surface area contributed by atoms with E-state index in [9.17, 15) is 103 Å². The fourth-order valence-electron chi connectivity index (χ4n) is 9.19. The second kappa shape index (κ2) is 27.9. The number of aromatic nitrogens is 6. The monoisotopic (exact) mass is 1430 g/mol. The number of hydrogen-bond acceptors (Lipinski definition) is 34. The molecule has 10 unspecified atom stereocenters. The predicted molar refractivity (Wildman–Crippen MR) is 323 cm³/mol. The number of nitrogens with one attached hydrogen (secondary N) is 4. The molecule has 2 aliphatic rings. The summed E-state index contributed by atoms with van der Waals surface area (Å²) in [6, 6.07) is 17.4. The molecule has 2 saturated heterocycles. The molecular weight excluding hydrogens is 1380 g/mol. The zero-order valence-corrected chi connectivity index (χ0v) is 51.4. The molecule has 2 aliphatic heterocycles. The van der Waals surface area contributed by atoms with E-state index < -0.39 is 192 Å². The summed E-state index contributed by atoms with van der Waals surface area (Å²) in [5.74, 6) is -3.92. The van der Waals surface area contributed by atoms with Crippen LogP contribution in [0.15, 0.2) is 137 Å². The molecule has 6 aromatic carbocycles. The first kappa shape index (κ1) is 70.0. The normalized spacial score (nSPS) is 22.1. The topological polar surface area (TPSA) is 613 Å². The number of aromatic hydroxyl groups is 2. The minimum atomic E-state index is -5.21. The highest BCUT2D eigenvalue weighted by Gasteiger charge is 2.46. The summed E-state index contributed by atoms with van der Waals surface area (Å²) in [6.07, 6.45) is -13.9. The highest BCUT2D eigenvalue weighted by atomic mass is 35.5. The molecule has 0 amide bonds. The van der Waals surface area contributed by atoms with Crippen molar-refractivity contribution in [1.82, 2.24) is 29.9 Å². The van der Waals surface area contributed by atoms with Crippen LogP contribution < -0.4 is 21.3 Å². The van der Waals surface area contributed by atoms with Crippen LogP contribution in [0, 0.1) is 0 Å². The number of halogens is 2. The van der Waals surface area contributed by atoms with Crippen molar-refractivity contribution >= 4 is 143 Å². The van der Waals surface area contributed by atoms with Gasteiger partial charge < -0.3 is 81.8 Å². The zero-order valence-electron chi connectivity index (χ0n) is 46.6. The number of phenolic OH excluding ortho intramolecular Hbond substituents is 2. The Hall–Kier alpha value is -8.32. The summed E-state index contributed by atoms with van der Waals surface area (Å²) in [7, 11) is -20.1. The molecular formula is C50H48Cl2N14O24S4. The highest BCUT2D eigenvalue weighted by molar-refractivity contribution is 7.86. The van der Waals surface area contributed by atoms with Gasteiger partial charge in [0, 0.05) is 10.8 Å². The smallest absolute Gasteiger partial charge is 0.296 e. The van der Waals surface area contributed by atoms with Crippen molar-refractivity contribution < 1.29 is 112 Å². The van der Waals surface area contributed by atoms with Gasteiger partial charge in [-0.25, -0.2) is 0 Å². The van der Waals surface area contributed by atoms with Gasteiger partial charge in [0.2, 0.25) is 34.4 Å². The van der Waals surface area contributed by atoms with Gasteiger partial charge in [0.1, 0.15) is 69.9 Å². The predicted octanol–water partition coefficient (Wildman–Crippen LogP) is 2.50. The van der Waals surface area contributed by atoms with Crippen molar-refractivity contribution in [2.75, 3.05) is 34.5 Å². The second-order valence-electron chi connectivity index (χ2n) is 19.8.